The molecule has 7 heteroatoms. The van der Waals surface area contributed by atoms with Crippen LogP contribution in [0.5, 0.6) is 5.75 Å². The molecular formula is C9H9N3O3S. The molecule has 0 radical (unpaired) electrons. The molecule has 1 aliphatic carbocycles. The monoisotopic (exact) mass is 239 g/mol. The summed E-state index contributed by atoms with van der Waals surface area (Å²) in [5.74, 6) is 0.115. The van der Waals surface area contributed by atoms with Crippen molar-refractivity contribution in [3.05, 3.63) is 18.0 Å². The highest BCUT2D eigenvalue weighted by atomic mass is 32.2. The van der Waals surface area contributed by atoms with Gasteiger partial charge in [-0.3, -0.25) is 0 Å². The van der Waals surface area contributed by atoms with E-state index in [0.717, 1.165) is 18.9 Å². The van der Waals surface area contributed by atoms with Crippen LogP contribution in [-0.2, 0) is 10.0 Å². The third kappa shape index (κ3) is 2.29. The topological polar surface area (TPSA) is 106 Å². The summed E-state index contributed by atoms with van der Waals surface area (Å²) < 4.78 is 27.9. The number of hydrogen-bond donors (Lipinski definition) is 1. The van der Waals surface area contributed by atoms with Crippen molar-refractivity contribution in [3.63, 3.8) is 0 Å². The highest BCUT2D eigenvalue weighted by Gasteiger charge is 2.27. The van der Waals surface area contributed by atoms with Crippen molar-refractivity contribution in [3.8, 4) is 11.8 Å². The molecule has 1 aromatic heterocycles. The highest BCUT2D eigenvalue weighted by molar-refractivity contribution is 7.89. The molecule has 1 fully saturated rings. The normalized spacial score (nSPS) is 15.5. The summed E-state index contributed by atoms with van der Waals surface area (Å²) in [6.45, 7) is 0. The molecule has 1 heterocycles. The number of primary sulfonamides is 1. The first-order valence-electron chi connectivity index (χ1n) is 4.60. The molecule has 0 bridgehead atoms. The third-order valence-electron chi connectivity index (χ3n) is 2.07. The molecular weight excluding hydrogens is 230 g/mol. The van der Waals surface area contributed by atoms with Crippen LogP contribution in [0.1, 0.15) is 18.5 Å². The number of aromatic nitrogens is 1. The van der Waals surface area contributed by atoms with Crippen LogP contribution in [0, 0.1) is 11.3 Å². The maximum Gasteiger partial charge on any atom is 0.241 e. The lowest BCUT2D eigenvalue weighted by atomic mass is 10.3. The van der Waals surface area contributed by atoms with E-state index in [9.17, 15) is 8.42 Å². The zero-order valence-corrected chi connectivity index (χ0v) is 9.07. The minimum atomic E-state index is -3.90. The Bertz CT molecular complexity index is 558. The van der Waals surface area contributed by atoms with Gasteiger partial charge in [0.05, 0.1) is 12.3 Å². The molecule has 1 aromatic rings. The van der Waals surface area contributed by atoms with Gasteiger partial charge in [-0.15, -0.1) is 0 Å². The van der Waals surface area contributed by atoms with E-state index in [2.05, 4.69) is 4.98 Å². The molecule has 6 nitrogen and oxygen atoms in total. The number of sulfonamides is 1. The summed E-state index contributed by atoms with van der Waals surface area (Å²) in [7, 11) is -3.90. The van der Waals surface area contributed by atoms with Gasteiger partial charge >= 0.3 is 0 Å². The Kier molecular flexibility index (Phi) is 2.53. The zero-order chi connectivity index (χ0) is 11.8. The standard InChI is InChI=1S/C9H9N3O3S/c10-4-6-3-9(16(11,13)14)8(5-12-6)15-7-1-2-7/h3,5,7H,1-2H2,(H2,11,13,14). The average molecular weight is 239 g/mol. The van der Waals surface area contributed by atoms with Crippen molar-refractivity contribution in [2.75, 3.05) is 0 Å². The van der Waals surface area contributed by atoms with Gasteiger partial charge in [0.1, 0.15) is 16.7 Å². The molecule has 1 aliphatic rings. The van der Waals surface area contributed by atoms with Crippen LogP contribution in [-0.4, -0.2) is 19.5 Å². The Morgan fingerprint density at radius 3 is 2.75 bits per heavy atom. The number of pyridine rings is 1. The number of nitriles is 1. The van der Waals surface area contributed by atoms with Crippen LogP contribution < -0.4 is 9.88 Å². The predicted octanol–water partition coefficient (Wildman–Crippen LogP) is 0.142. The van der Waals surface area contributed by atoms with Gasteiger partial charge < -0.3 is 4.74 Å². The van der Waals surface area contributed by atoms with Gasteiger partial charge in [-0.05, 0) is 18.9 Å². The van der Waals surface area contributed by atoms with E-state index in [0.29, 0.717) is 0 Å². The Hall–Kier alpha value is -1.65. The lowest BCUT2D eigenvalue weighted by Crippen LogP contribution is -2.15. The lowest BCUT2D eigenvalue weighted by Gasteiger charge is -2.08. The van der Waals surface area contributed by atoms with Crippen molar-refractivity contribution in [1.82, 2.24) is 4.98 Å². The van der Waals surface area contributed by atoms with Crippen LogP contribution in [0.3, 0.4) is 0 Å². The molecule has 1 saturated carbocycles. The largest absolute Gasteiger partial charge is 0.487 e. The summed E-state index contributed by atoms with van der Waals surface area (Å²) in [6.07, 6.45) is 3.04. The summed E-state index contributed by atoms with van der Waals surface area (Å²) in [5.41, 5.74) is -0.00725. The van der Waals surface area contributed by atoms with E-state index in [1.54, 1.807) is 6.07 Å². The Balaban J connectivity index is 2.47. The van der Waals surface area contributed by atoms with Crippen LogP contribution in [0.15, 0.2) is 17.2 Å². The SMILES string of the molecule is N#Cc1cc(S(N)(=O)=O)c(OC2CC2)cn1. The van der Waals surface area contributed by atoms with E-state index in [1.807, 2.05) is 0 Å². The molecule has 2 N–H and O–H groups in total. The number of nitrogens with zero attached hydrogens (tertiary/aromatic N) is 2. The second kappa shape index (κ2) is 3.73. The highest BCUT2D eigenvalue weighted by Crippen LogP contribution is 2.30. The zero-order valence-electron chi connectivity index (χ0n) is 8.25. The third-order valence-corrected chi connectivity index (χ3v) is 3.00. The fraction of sp³-hybridized carbons (Fsp3) is 0.333. The first-order valence-corrected chi connectivity index (χ1v) is 6.15. The average Bonchev–Trinajstić information content (AvgIpc) is 3.01. The smallest absolute Gasteiger partial charge is 0.241 e. The van der Waals surface area contributed by atoms with Crippen LogP contribution in [0.25, 0.3) is 0 Å². The van der Waals surface area contributed by atoms with E-state index < -0.39 is 10.0 Å². The molecule has 0 aromatic carbocycles. The molecule has 2 rings (SSSR count). The minimum Gasteiger partial charge on any atom is -0.487 e. The maximum atomic E-state index is 11.3. The quantitative estimate of drug-likeness (QED) is 0.807. The number of nitrogens with two attached hydrogens (primary N) is 1. The van der Waals surface area contributed by atoms with Crippen LogP contribution in [0.2, 0.25) is 0 Å². The molecule has 84 valence electrons. The van der Waals surface area contributed by atoms with E-state index in [1.165, 1.54) is 6.20 Å². The summed E-state index contributed by atoms with van der Waals surface area (Å²) >= 11 is 0. The Morgan fingerprint density at radius 2 is 2.25 bits per heavy atom. The van der Waals surface area contributed by atoms with Gasteiger partial charge in [-0.1, -0.05) is 0 Å². The molecule has 0 aliphatic heterocycles. The van der Waals surface area contributed by atoms with Crippen molar-refractivity contribution >= 4 is 10.0 Å². The molecule has 0 atom stereocenters. The molecule has 0 amide bonds. The maximum absolute atomic E-state index is 11.3. The summed E-state index contributed by atoms with van der Waals surface area (Å²) in [6, 6.07) is 2.87. The fourth-order valence-electron chi connectivity index (χ4n) is 1.16. The number of rotatable bonds is 3. The van der Waals surface area contributed by atoms with Crippen molar-refractivity contribution in [2.45, 2.75) is 23.8 Å². The molecule has 16 heavy (non-hydrogen) atoms. The Morgan fingerprint density at radius 1 is 1.56 bits per heavy atom. The number of hydrogen-bond acceptors (Lipinski definition) is 5. The predicted molar refractivity (Wildman–Crippen MR) is 54.0 cm³/mol. The van der Waals surface area contributed by atoms with Crippen LogP contribution >= 0.6 is 0 Å². The fourth-order valence-corrected chi connectivity index (χ4v) is 1.82. The molecule has 0 unspecified atom stereocenters. The van der Waals surface area contributed by atoms with Crippen molar-refractivity contribution in [2.24, 2.45) is 5.14 Å². The van der Waals surface area contributed by atoms with Gasteiger partial charge in [-0.25, -0.2) is 18.5 Å². The minimum absolute atomic E-state index is 0.00725. The van der Waals surface area contributed by atoms with E-state index >= 15 is 0 Å². The van der Waals surface area contributed by atoms with Crippen LogP contribution in [0.4, 0.5) is 0 Å². The van der Waals surface area contributed by atoms with Gasteiger partial charge in [0, 0.05) is 0 Å². The van der Waals surface area contributed by atoms with E-state index in [-0.39, 0.29) is 22.4 Å². The molecule has 0 saturated heterocycles. The van der Waals surface area contributed by atoms with Gasteiger partial charge in [0.2, 0.25) is 10.0 Å². The van der Waals surface area contributed by atoms with E-state index in [4.69, 9.17) is 15.1 Å². The Labute approximate surface area is 92.7 Å². The lowest BCUT2D eigenvalue weighted by molar-refractivity contribution is 0.293. The van der Waals surface area contributed by atoms with Gasteiger partial charge in [0.25, 0.3) is 0 Å². The second-order valence-corrected chi connectivity index (χ2v) is 5.02. The van der Waals surface area contributed by atoms with Gasteiger partial charge in [0.15, 0.2) is 5.75 Å². The summed E-state index contributed by atoms with van der Waals surface area (Å²) in [5, 5.41) is 13.7. The molecule has 0 spiro atoms. The van der Waals surface area contributed by atoms with Gasteiger partial charge in [-0.2, -0.15) is 5.26 Å². The summed E-state index contributed by atoms with van der Waals surface area (Å²) in [4.78, 5) is 3.56. The van der Waals surface area contributed by atoms with Crippen molar-refractivity contribution in [1.29, 1.82) is 5.26 Å². The first-order chi connectivity index (χ1) is 7.50. The first kappa shape index (κ1) is 10.9. The number of ether oxygens (including phenoxy) is 1. The second-order valence-electron chi connectivity index (χ2n) is 3.49. The van der Waals surface area contributed by atoms with Crippen molar-refractivity contribution < 1.29 is 13.2 Å².